The van der Waals surface area contributed by atoms with Crippen molar-refractivity contribution >= 4 is 52.5 Å². The maximum absolute atomic E-state index is 12.0. The zero-order valence-corrected chi connectivity index (χ0v) is 15.8. The van der Waals surface area contributed by atoms with Crippen molar-refractivity contribution in [2.45, 2.75) is 5.75 Å². The highest BCUT2D eigenvalue weighted by Crippen LogP contribution is 2.17. The molecule has 138 valence electrons. The Labute approximate surface area is 165 Å². The number of thioether (sulfide) groups is 1. The van der Waals surface area contributed by atoms with Gasteiger partial charge in [0, 0.05) is 16.4 Å². The average Bonchev–Trinajstić information content (AvgIpc) is 2.64. The van der Waals surface area contributed by atoms with Crippen molar-refractivity contribution in [3.8, 4) is 0 Å². The number of carbonyl (C=O) groups is 1. The number of anilines is 4. The van der Waals surface area contributed by atoms with Crippen molar-refractivity contribution in [1.82, 2.24) is 15.0 Å². The summed E-state index contributed by atoms with van der Waals surface area (Å²) in [5.41, 5.74) is 7.31. The minimum atomic E-state index is -0.119. The van der Waals surface area contributed by atoms with E-state index in [9.17, 15) is 4.79 Å². The van der Waals surface area contributed by atoms with Gasteiger partial charge in [-0.15, -0.1) is 11.8 Å². The molecule has 7 nitrogen and oxygen atoms in total. The Kier molecular flexibility index (Phi) is 6.45. The number of benzene rings is 2. The van der Waals surface area contributed by atoms with E-state index in [1.54, 1.807) is 24.3 Å². The van der Waals surface area contributed by atoms with E-state index in [0.717, 1.165) is 5.69 Å². The van der Waals surface area contributed by atoms with Crippen LogP contribution in [0.5, 0.6) is 0 Å². The van der Waals surface area contributed by atoms with E-state index in [2.05, 4.69) is 25.6 Å². The molecule has 2 aromatic carbocycles. The summed E-state index contributed by atoms with van der Waals surface area (Å²) in [5, 5.41) is 6.50. The lowest BCUT2D eigenvalue weighted by Gasteiger charge is -2.07. The minimum Gasteiger partial charge on any atom is -0.368 e. The second-order valence-corrected chi connectivity index (χ2v) is 6.89. The molecule has 3 aromatic rings. The predicted octanol–water partition coefficient (Wildman–Crippen LogP) is 3.72. The second-order valence-electron chi connectivity index (χ2n) is 5.47. The normalized spacial score (nSPS) is 10.4. The summed E-state index contributed by atoms with van der Waals surface area (Å²) in [6.07, 6.45) is 0. The Bertz CT molecular complexity index is 907. The molecule has 27 heavy (non-hydrogen) atoms. The van der Waals surface area contributed by atoms with Gasteiger partial charge in [0.05, 0.1) is 11.5 Å². The van der Waals surface area contributed by atoms with Gasteiger partial charge in [0.15, 0.2) is 0 Å². The number of nitrogens with two attached hydrogens (primary N) is 1. The van der Waals surface area contributed by atoms with Crippen LogP contribution in [0, 0.1) is 0 Å². The monoisotopic (exact) mass is 400 g/mol. The van der Waals surface area contributed by atoms with Gasteiger partial charge in [0.2, 0.25) is 17.8 Å². The fourth-order valence-corrected chi connectivity index (χ4v) is 2.97. The number of aromatic nitrogens is 3. The largest absolute Gasteiger partial charge is 0.368 e. The highest BCUT2D eigenvalue weighted by Gasteiger charge is 2.08. The van der Waals surface area contributed by atoms with Gasteiger partial charge in [0.25, 0.3) is 0 Å². The summed E-state index contributed by atoms with van der Waals surface area (Å²) >= 11 is 7.21. The number of hydrogen-bond acceptors (Lipinski definition) is 7. The quantitative estimate of drug-likeness (QED) is 0.554. The number of halogens is 1. The zero-order valence-electron chi connectivity index (χ0n) is 14.2. The fourth-order valence-electron chi connectivity index (χ4n) is 2.17. The van der Waals surface area contributed by atoms with Gasteiger partial charge in [-0.2, -0.15) is 15.0 Å². The lowest BCUT2D eigenvalue weighted by molar-refractivity contribution is -0.113. The van der Waals surface area contributed by atoms with E-state index >= 15 is 0 Å². The molecule has 0 aliphatic rings. The zero-order chi connectivity index (χ0) is 19.1. The van der Waals surface area contributed by atoms with Crippen molar-refractivity contribution in [2.24, 2.45) is 0 Å². The van der Waals surface area contributed by atoms with Gasteiger partial charge in [0.1, 0.15) is 5.82 Å². The van der Waals surface area contributed by atoms with Crippen LogP contribution in [-0.2, 0) is 10.5 Å². The molecule has 0 spiro atoms. The Morgan fingerprint density at radius 3 is 2.48 bits per heavy atom. The molecule has 0 radical (unpaired) electrons. The number of rotatable bonds is 7. The summed E-state index contributed by atoms with van der Waals surface area (Å²) in [4.78, 5) is 24.5. The Hall–Kier alpha value is -2.84. The van der Waals surface area contributed by atoms with Gasteiger partial charge in [-0.1, -0.05) is 29.8 Å². The van der Waals surface area contributed by atoms with Gasteiger partial charge in [-0.3, -0.25) is 4.79 Å². The van der Waals surface area contributed by atoms with Crippen molar-refractivity contribution < 1.29 is 4.79 Å². The molecule has 0 saturated heterocycles. The predicted molar refractivity (Wildman–Crippen MR) is 110 cm³/mol. The first-order chi connectivity index (χ1) is 13.1. The van der Waals surface area contributed by atoms with Gasteiger partial charge >= 0.3 is 0 Å². The van der Waals surface area contributed by atoms with E-state index in [-0.39, 0.29) is 17.6 Å². The number of carbonyl (C=O) groups excluding carboxylic acids is 1. The van der Waals surface area contributed by atoms with Crippen LogP contribution in [0.4, 0.5) is 23.3 Å². The average molecular weight is 401 g/mol. The third-order valence-electron chi connectivity index (χ3n) is 3.32. The molecule has 1 heterocycles. The summed E-state index contributed by atoms with van der Waals surface area (Å²) in [6.45, 7) is 0. The molecule has 3 rings (SSSR count). The highest BCUT2D eigenvalue weighted by atomic mass is 35.5. The number of para-hydroxylation sites is 1. The number of nitrogen functional groups attached to an aromatic ring is 1. The van der Waals surface area contributed by atoms with Crippen molar-refractivity contribution in [3.63, 3.8) is 0 Å². The lowest BCUT2D eigenvalue weighted by Crippen LogP contribution is -2.14. The molecule has 0 atom stereocenters. The SMILES string of the molecule is Nc1nc(CSCC(=O)Nc2ccc(Cl)cc2)nc(Nc2ccccc2)n1. The molecule has 0 unspecified atom stereocenters. The van der Waals surface area contributed by atoms with Gasteiger partial charge < -0.3 is 16.4 Å². The second kappa shape index (κ2) is 9.20. The van der Waals surface area contributed by atoms with Gasteiger partial charge in [-0.25, -0.2) is 0 Å². The minimum absolute atomic E-state index is 0.119. The van der Waals surface area contributed by atoms with Crippen LogP contribution in [-0.4, -0.2) is 26.6 Å². The van der Waals surface area contributed by atoms with Crippen LogP contribution in [0.2, 0.25) is 5.02 Å². The van der Waals surface area contributed by atoms with Crippen LogP contribution in [0.3, 0.4) is 0 Å². The van der Waals surface area contributed by atoms with E-state index in [1.165, 1.54) is 11.8 Å². The Morgan fingerprint density at radius 2 is 1.74 bits per heavy atom. The maximum Gasteiger partial charge on any atom is 0.234 e. The topological polar surface area (TPSA) is 106 Å². The van der Waals surface area contributed by atoms with Crippen LogP contribution in [0.15, 0.2) is 54.6 Å². The van der Waals surface area contributed by atoms with Crippen molar-refractivity contribution in [3.05, 3.63) is 65.4 Å². The van der Waals surface area contributed by atoms with Crippen molar-refractivity contribution in [2.75, 3.05) is 22.1 Å². The highest BCUT2D eigenvalue weighted by molar-refractivity contribution is 7.99. The summed E-state index contributed by atoms with van der Waals surface area (Å²) in [7, 11) is 0. The molecular weight excluding hydrogens is 384 g/mol. The summed E-state index contributed by atoms with van der Waals surface area (Å²) in [6, 6.07) is 16.5. The van der Waals surface area contributed by atoms with Crippen molar-refractivity contribution in [1.29, 1.82) is 0 Å². The standard InChI is InChI=1S/C18H17ClN6OS/c19-12-6-8-14(9-7-12)21-16(26)11-27-10-15-23-17(20)25-18(24-15)22-13-4-2-1-3-5-13/h1-9H,10-11H2,(H,21,26)(H3,20,22,23,24,25). The summed E-state index contributed by atoms with van der Waals surface area (Å²) < 4.78 is 0. The Morgan fingerprint density at radius 1 is 1.00 bits per heavy atom. The number of nitrogens with zero attached hydrogens (tertiary/aromatic N) is 3. The number of nitrogens with one attached hydrogen (secondary N) is 2. The first-order valence-corrected chi connectivity index (χ1v) is 9.57. The molecule has 9 heteroatoms. The fraction of sp³-hybridized carbons (Fsp3) is 0.111. The van der Waals surface area contributed by atoms with E-state index in [4.69, 9.17) is 17.3 Å². The summed E-state index contributed by atoms with van der Waals surface area (Å²) in [5.74, 6) is 1.58. The molecule has 1 amide bonds. The van der Waals surface area contributed by atoms with E-state index in [0.29, 0.717) is 28.2 Å². The van der Waals surface area contributed by atoms with Crippen LogP contribution >= 0.6 is 23.4 Å². The van der Waals surface area contributed by atoms with Crippen LogP contribution < -0.4 is 16.4 Å². The third-order valence-corrected chi connectivity index (χ3v) is 4.50. The molecular formula is C18H17ClN6OS. The molecule has 0 saturated carbocycles. The van der Waals surface area contributed by atoms with Gasteiger partial charge in [-0.05, 0) is 36.4 Å². The van der Waals surface area contributed by atoms with Crippen LogP contribution in [0.1, 0.15) is 5.82 Å². The van der Waals surface area contributed by atoms with E-state index < -0.39 is 0 Å². The molecule has 1 aromatic heterocycles. The molecule has 0 bridgehead atoms. The molecule has 4 N–H and O–H groups in total. The maximum atomic E-state index is 12.0. The third kappa shape index (κ3) is 6.12. The molecule has 0 aliphatic heterocycles. The van der Waals surface area contributed by atoms with Crippen LogP contribution in [0.25, 0.3) is 0 Å². The molecule has 0 aliphatic carbocycles. The number of hydrogen-bond donors (Lipinski definition) is 3. The Balaban J connectivity index is 1.53. The van der Waals surface area contributed by atoms with E-state index in [1.807, 2.05) is 30.3 Å². The number of amides is 1. The first-order valence-electron chi connectivity index (χ1n) is 8.04. The molecule has 0 fully saturated rings. The smallest absolute Gasteiger partial charge is 0.234 e. The lowest BCUT2D eigenvalue weighted by atomic mass is 10.3. The first kappa shape index (κ1) is 18.9.